The maximum Gasteiger partial charge on any atom is 0.323 e. The van der Waals surface area contributed by atoms with E-state index in [-0.39, 0.29) is 28.8 Å². The molecule has 3 heterocycles. The molecule has 0 unspecified atom stereocenters. The molecule has 1 saturated heterocycles. The highest BCUT2D eigenvalue weighted by Gasteiger charge is 2.47. The second kappa shape index (κ2) is 6.30. The fourth-order valence-electron chi connectivity index (χ4n) is 4.89. The molecule has 4 rings (SSSR count). The van der Waals surface area contributed by atoms with Gasteiger partial charge < -0.3 is 19.9 Å². The molecular weight excluding hydrogens is 346 g/mol. The quantitative estimate of drug-likeness (QED) is 0.832. The van der Waals surface area contributed by atoms with E-state index in [1.54, 1.807) is 15.7 Å². The van der Waals surface area contributed by atoms with E-state index in [0.717, 1.165) is 43.6 Å². The Bertz CT molecular complexity index is 975. The Kier molecular flexibility index (Phi) is 4.18. The van der Waals surface area contributed by atoms with Crippen molar-refractivity contribution in [2.24, 2.45) is 0 Å². The minimum Gasteiger partial charge on any atom is -0.480 e. The van der Waals surface area contributed by atoms with Gasteiger partial charge in [0.05, 0.1) is 6.20 Å². The Morgan fingerprint density at radius 1 is 1.41 bits per heavy atom. The summed E-state index contributed by atoms with van der Waals surface area (Å²) in [6.45, 7) is 3.60. The van der Waals surface area contributed by atoms with E-state index < -0.39 is 5.97 Å². The largest absolute Gasteiger partial charge is 0.480 e. The van der Waals surface area contributed by atoms with Crippen LogP contribution in [-0.2, 0) is 16.8 Å². The summed E-state index contributed by atoms with van der Waals surface area (Å²) in [4.78, 5) is 35.9. The predicted octanol–water partition coefficient (Wildman–Crippen LogP) is 1.07. The fraction of sp³-hybridized carbons (Fsp3) is 0.579. The van der Waals surface area contributed by atoms with Gasteiger partial charge in [0.25, 0.3) is 0 Å². The molecule has 0 aromatic carbocycles. The maximum atomic E-state index is 13.5. The van der Waals surface area contributed by atoms with Gasteiger partial charge >= 0.3 is 5.97 Å². The van der Waals surface area contributed by atoms with Crippen molar-refractivity contribution in [2.45, 2.75) is 44.1 Å². The van der Waals surface area contributed by atoms with Crippen molar-refractivity contribution in [3.63, 3.8) is 0 Å². The standard InChI is InChI=1S/C19H25N5O3/c1-11-8-19(4-6-20-7-5-19)14-16(11)24(10-13(25)26)18-15(17(14)27)22-12(9-21-18)23(2)3/h9,11,20H,4-8,10H2,1-3H3,(H,25,26)/t11-/m0/s1. The molecule has 8 nitrogen and oxygen atoms in total. The Morgan fingerprint density at radius 2 is 2.11 bits per heavy atom. The summed E-state index contributed by atoms with van der Waals surface area (Å²) in [7, 11) is 3.69. The first kappa shape index (κ1) is 17.9. The van der Waals surface area contributed by atoms with Crippen LogP contribution in [0.5, 0.6) is 0 Å². The summed E-state index contributed by atoms with van der Waals surface area (Å²) in [5.74, 6) is -0.240. The van der Waals surface area contributed by atoms with Crippen LogP contribution in [0.15, 0.2) is 11.0 Å². The molecule has 0 saturated carbocycles. The summed E-state index contributed by atoms with van der Waals surface area (Å²) in [5, 5.41) is 12.9. The highest BCUT2D eigenvalue weighted by atomic mass is 16.4. The van der Waals surface area contributed by atoms with E-state index in [2.05, 4.69) is 22.2 Å². The van der Waals surface area contributed by atoms with Crippen molar-refractivity contribution in [1.82, 2.24) is 19.9 Å². The molecule has 1 spiro atoms. The summed E-state index contributed by atoms with van der Waals surface area (Å²) in [5.41, 5.74) is 1.97. The fourth-order valence-corrected chi connectivity index (χ4v) is 4.89. The van der Waals surface area contributed by atoms with Gasteiger partial charge in [-0.05, 0) is 38.3 Å². The van der Waals surface area contributed by atoms with E-state index in [1.807, 2.05) is 14.1 Å². The number of rotatable bonds is 3. The monoisotopic (exact) mass is 371 g/mol. The highest BCUT2D eigenvalue weighted by molar-refractivity contribution is 5.77. The van der Waals surface area contributed by atoms with E-state index in [4.69, 9.17) is 0 Å². The molecule has 0 amide bonds. The first-order valence-corrected chi connectivity index (χ1v) is 9.38. The third-order valence-electron chi connectivity index (χ3n) is 5.99. The number of hydrogen-bond donors (Lipinski definition) is 2. The van der Waals surface area contributed by atoms with Gasteiger partial charge in [-0.2, -0.15) is 0 Å². The van der Waals surface area contributed by atoms with Crippen LogP contribution in [-0.4, -0.2) is 52.8 Å². The topological polar surface area (TPSA) is 100 Å². The molecule has 144 valence electrons. The summed E-state index contributed by atoms with van der Waals surface area (Å²) in [6.07, 6.45) is 4.24. The number of aromatic nitrogens is 3. The molecule has 0 bridgehead atoms. The average Bonchev–Trinajstić information content (AvgIpc) is 2.90. The van der Waals surface area contributed by atoms with E-state index in [1.165, 1.54) is 0 Å². The van der Waals surface area contributed by atoms with Gasteiger partial charge in [-0.15, -0.1) is 0 Å². The number of pyridine rings is 1. The number of carboxylic acid groups (broad SMARTS) is 1. The molecule has 1 aliphatic carbocycles. The molecule has 27 heavy (non-hydrogen) atoms. The van der Waals surface area contributed by atoms with Gasteiger partial charge in [0.15, 0.2) is 11.2 Å². The van der Waals surface area contributed by atoms with Gasteiger partial charge in [-0.3, -0.25) is 9.59 Å². The van der Waals surface area contributed by atoms with Crippen LogP contribution in [0.25, 0.3) is 11.2 Å². The number of hydrogen-bond acceptors (Lipinski definition) is 6. The lowest BCUT2D eigenvalue weighted by Crippen LogP contribution is -2.41. The minimum absolute atomic E-state index is 0.0795. The maximum absolute atomic E-state index is 13.5. The molecule has 8 heteroatoms. The van der Waals surface area contributed by atoms with Crippen LogP contribution in [0.2, 0.25) is 0 Å². The van der Waals surface area contributed by atoms with Crippen LogP contribution in [0.4, 0.5) is 5.82 Å². The zero-order chi connectivity index (χ0) is 19.3. The number of piperidine rings is 1. The van der Waals surface area contributed by atoms with Gasteiger partial charge in [0.1, 0.15) is 12.4 Å². The average molecular weight is 371 g/mol. The third kappa shape index (κ3) is 2.70. The minimum atomic E-state index is -0.945. The van der Waals surface area contributed by atoms with Crippen LogP contribution in [0, 0.1) is 0 Å². The molecule has 2 N–H and O–H groups in total. The number of fused-ring (bicyclic) bond motifs is 3. The summed E-state index contributed by atoms with van der Waals surface area (Å²) < 4.78 is 1.71. The van der Waals surface area contributed by atoms with Crippen molar-refractivity contribution in [3.05, 3.63) is 27.7 Å². The van der Waals surface area contributed by atoms with E-state index in [0.29, 0.717) is 11.5 Å². The number of carboxylic acids is 1. The Balaban J connectivity index is 2.08. The number of anilines is 1. The van der Waals surface area contributed by atoms with Gasteiger partial charge in [-0.25, -0.2) is 9.97 Å². The molecule has 1 atom stereocenters. The van der Waals surface area contributed by atoms with Crippen molar-refractivity contribution >= 4 is 23.0 Å². The lowest BCUT2D eigenvalue weighted by Gasteiger charge is -2.34. The molecule has 2 aliphatic rings. The second-order valence-corrected chi connectivity index (χ2v) is 8.00. The number of aliphatic carboxylic acids is 1. The van der Waals surface area contributed by atoms with Crippen LogP contribution in [0.1, 0.15) is 43.4 Å². The summed E-state index contributed by atoms with van der Waals surface area (Å²) >= 11 is 0. The molecule has 0 radical (unpaired) electrons. The first-order valence-electron chi connectivity index (χ1n) is 9.38. The van der Waals surface area contributed by atoms with Gasteiger partial charge in [-0.1, -0.05) is 6.92 Å². The highest BCUT2D eigenvalue weighted by Crippen LogP contribution is 2.49. The van der Waals surface area contributed by atoms with Crippen molar-refractivity contribution in [3.8, 4) is 0 Å². The smallest absolute Gasteiger partial charge is 0.323 e. The second-order valence-electron chi connectivity index (χ2n) is 8.00. The van der Waals surface area contributed by atoms with Gasteiger partial charge in [0.2, 0.25) is 5.43 Å². The van der Waals surface area contributed by atoms with Crippen LogP contribution >= 0.6 is 0 Å². The normalized spacial score (nSPS) is 20.8. The zero-order valence-corrected chi connectivity index (χ0v) is 15.9. The molecular formula is C19H25N5O3. The Morgan fingerprint density at radius 3 is 2.74 bits per heavy atom. The summed E-state index contributed by atoms with van der Waals surface area (Å²) in [6, 6.07) is 0. The predicted molar refractivity (Wildman–Crippen MR) is 103 cm³/mol. The van der Waals surface area contributed by atoms with Crippen molar-refractivity contribution in [1.29, 1.82) is 0 Å². The zero-order valence-electron chi connectivity index (χ0n) is 15.9. The molecule has 2 aromatic rings. The molecule has 1 aliphatic heterocycles. The van der Waals surface area contributed by atoms with Crippen molar-refractivity contribution in [2.75, 3.05) is 32.1 Å². The lowest BCUT2D eigenvalue weighted by molar-refractivity contribution is -0.137. The number of carbonyl (C=O) groups is 1. The Hall–Kier alpha value is -2.48. The van der Waals surface area contributed by atoms with Crippen LogP contribution in [0.3, 0.4) is 0 Å². The lowest BCUT2D eigenvalue weighted by atomic mass is 9.74. The first-order chi connectivity index (χ1) is 12.8. The number of nitrogens with zero attached hydrogens (tertiary/aromatic N) is 4. The Labute approximate surface area is 157 Å². The number of nitrogens with one attached hydrogen (secondary N) is 1. The third-order valence-corrected chi connectivity index (χ3v) is 5.99. The van der Waals surface area contributed by atoms with Crippen molar-refractivity contribution < 1.29 is 9.90 Å². The SMILES string of the molecule is C[C@H]1CC2(CCNCC2)c2c1n(CC(=O)O)c1ncc(N(C)C)nc1c2=O. The van der Waals surface area contributed by atoms with E-state index >= 15 is 0 Å². The molecule has 1 fully saturated rings. The van der Waals surface area contributed by atoms with E-state index in [9.17, 15) is 14.7 Å². The van der Waals surface area contributed by atoms with Gasteiger partial charge in [0, 0.05) is 30.8 Å². The molecule has 2 aromatic heterocycles. The van der Waals surface area contributed by atoms with Crippen LogP contribution < -0.4 is 15.6 Å².